The van der Waals surface area contributed by atoms with Crippen LogP contribution in [0.4, 0.5) is 4.79 Å². The van der Waals surface area contributed by atoms with Crippen LogP contribution in [0.5, 0.6) is 0 Å². The monoisotopic (exact) mass is 450 g/mol. The predicted molar refractivity (Wildman–Crippen MR) is 85.6 cm³/mol. The molecule has 0 fully saturated rings. The van der Waals surface area contributed by atoms with E-state index < -0.39 is 6.16 Å². The van der Waals surface area contributed by atoms with Crippen LogP contribution in [0.2, 0.25) is 0 Å². The Morgan fingerprint density at radius 3 is 1.74 bits per heavy atom. The summed E-state index contributed by atoms with van der Waals surface area (Å²) in [6.07, 6.45) is -1.83. The lowest BCUT2D eigenvalue weighted by molar-refractivity contribution is 0.137. The normalized spacial score (nSPS) is 9.42. The minimum atomic E-state index is -1.83. The summed E-state index contributed by atoms with van der Waals surface area (Å²) in [7, 11) is 0. The molecule has 0 radical (unpaired) electrons. The molecule has 0 unspecified atom stereocenters. The van der Waals surface area contributed by atoms with Gasteiger partial charge in [0.15, 0.2) is 0 Å². The lowest BCUT2D eigenvalue weighted by Crippen LogP contribution is -1.82. The molecular weight excluding hydrogens is 444 g/mol. The van der Waals surface area contributed by atoms with Crippen LogP contribution in [0.15, 0.2) is 55.9 Å². The van der Waals surface area contributed by atoms with Gasteiger partial charge < -0.3 is 10.2 Å². The molecule has 0 spiro atoms. The zero-order valence-corrected chi connectivity index (χ0v) is 14.2. The molecule has 0 aliphatic carbocycles. The van der Waals surface area contributed by atoms with Crippen LogP contribution in [-0.2, 0) is 0 Å². The van der Waals surface area contributed by atoms with Crippen molar-refractivity contribution in [3.8, 4) is 11.1 Å². The molecule has 2 aromatic rings. The van der Waals surface area contributed by atoms with Gasteiger partial charge in [0.1, 0.15) is 0 Å². The largest absolute Gasteiger partial charge is 0.503 e. The van der Waals surface area contributed by atoms with E-state index in [1.165, 1.54) is 11.1 Å². The van der Waals surface area contributed by atoms with Gasteiger partial charge in [-0.05, 0) is 17.7 Å². The first-order valence-electron chi connectivity index (χ1n) is 5.03. The number of hydrogen-bond donors (Lipinski definition) is 2. The van der Waals surface area contributed by atoms with Crippen molar-refractivity contribution < 1.29 is 15.0 Å². The van der Waals surface area contributed by atoms with Gasteiger partial charge in [-0.3, -0.25) is 0 Å². The van der Waals surface area contributed by atoms with Gasteiger partial charge in [-0.2, -0.15) is 0 Å². The molecule has 0 saturated heterocycles. The van der Waals surface area contributed by atoms with Crippen molar-refractivity contribution in [2.75, 3.05) is 0 Å². The predicted octanol–water partition coefficient (Wildman–Crippen LogP) is 5.86. The van der Waals surface area contributed by atoms with E-state index in [4.69, 9.17) is 15.0 Å². The lowest BCUT2D eigenvalue weighted by Gasteiger charge is -2.08. The minimum absolute atomic E-state index is 1.06. The molecule has 0 aliphatic heterocycles. The molecule has 2 aromatic carbocycles. The molecule has 0 bridgehead atoms. The Morgan fingerprint density at radius 2 is 1.32 bits per heavy atom. The highest BCUT2D eigenvalue weighted by Crippen LogP contribution is 2.37. The molecule has 0 aliphatic rings. The summed E-state index contributed by atoms with van der Waals surface area (Å²) in [6, 6.07) is 14.4. The van der Waals surface area contributed by atoms with E-state index in [0.717, 1.165) is 13.4 Å². The van der Waals surface area contributed by atoms with E-state index in [9.17, 15) is 0 Å². The highest BCUT2D eigenvalue weighted by atomic mass is 79.9. The number of halogens is 3. The van der Waals surface area contributed by atoms with Gasteiger partial charge in [0.25, 0.3) is 0 Å². The Labute approximate surface area is 135 Å². The Balaban J connectivity index is 0.000000399. The summed E-state index contributed by atoms with van der Waals surface area (Å²) in [4.78, 5) is 8.56. The van der Waals surface area contributed by atoms with Crippen molar-refractivity contribution in [2.45, 2.75) is 0 Å². The second-order valence-corrected chi connectivity index (χ2v) is 6.02. The second-order valence-electron chi connectivity index (χ2n) is 3.39. The quantitative estimate of drug-likeness (QED) is 0.569. The van der Waals surface area contributed by atoms with Crippen molar-refractivity contribution in [2.24, 2.45) is 0 Å². The Bertz CT molecular complexity index is 544. The Kier molecular flexibility index (Phi) is 6.54. The van der Waals surface area contributed by atoms with E-state index in [0.29, 0.717) is 0 Å². The van der Waals surface area contributed by atoms with Gasteiger partial charge in [-0.15, -0.1) is 0 Å². The molecule has 6 heteroatoms. The molecule has 0 heterocycles. The minimum Gasteiger partial charge on any atom is -0.450 e. The summed E-state index contributed by atoms with van der Waals surface area (Å²) in [5.41, 5.74) is 2.38. The number of rotatable bonds is 1. The van der Waals surface area contributed by atoms with Crippen molar-refractivity contribution >= 4 is 53.9 Å². The third-order valence-electron chi connectivity index (χ3n) is 2.07. The van der Waals surface area contributed by atoms with Crippen LogP contribution in [0.3, 0.4) is 0 Å². The maximum atomic E-state index is 8.56. The van der Waals surface area contributed by atoms with E-state index in [1.54, 1.807) is 0 Å². The van der Waals surface area contributed by atoms with Gasteiger partial charge >= 0.3 is 6.16 Å². The number of hydrogen-bond acceptors (Lipinski definition) is 1. The fraction of sp³-hybridized carbons (Fsp3) is 0. The van der Waals surface area contributed by atoms with E-state index >= 15 is 0 Å². The fourth-order valence-electron chi connectivity index (χ4n) is 1.42. The third kappa shape index (κ3) is 5.34. The van der Waals surface area contributed by atoms with Gasteiger partial charge in [0.05, 0.1) is 0 Å². The average Bonchev–Trinajstić information content (AvgIpc) is 2.28. The summed E-state index contributed by atoms with van der Waals surface area (Å²) in [6.45, 7) is 0. The maximum Gasteiger partial charge on any atom is 0.503 e. The smallest absolute Gasteiger partial charge is 0.450 e. The molecule has 0 atom stereocenters. The number of carbonyl (C=O) groups is 1. The first kappa shape index (κ1) is 16.2. The van der Waals surface area contributed by atoms with Crippen molar-refractivity contribution in [3.63, 3.8) is 0 Å². The average molecular weight is 453 g/mol. The fourth-order valence-corrected chi connectivity index (χ4v) is 4.14. The van der Waals surface area contributed by atoms with Crippen molar-refractivity contribution in [1.29, 1.82) is 0 Å². The third-order valence-corrected chi connectivity index (χ3v) is 3.78. The van der Waals surface area contributed by atoms with Gasteiger partial charge in [0.2, 0.25) is 0 Å². The van der Waals surface area contributed by atoms with Gasteiger partial charge in [-0.1, -0.05) is 78.1 Å². The standard InChI is InChI=1S/C12H7Br3.CH2O3/c13-9-6-10(14)12(11(15)7-9)8-4-2-1-3-5-8;2-1(3)4/h1-7H;(H2,2,3,4). The van der Waals surface area contributed by atoms with Crippen molar-refractivity contribution in [3.05, 3.63) is 55.9 Å². The summed E-state index contributed by atoms with van der Waals surface area (Å²) >= 11 is 10.6. The number of carboxylic acid groups (broad SMARTS) is 2. The molecule has 0 saturated carbocycles. The van der Waals surface area contributed by atoms with Crippen LogP contribution in [0.25, 0.3) is 11.1 Å². The first-order valence-corrected chi connectivity index (χ1v) is 7.41. The molecule has 100 valence electrons. The maximum absolute atomic E-state index is 8.56. The van der Waals surface area contributed by atoms with Crippen LogP contribution in [0.1, 0.15) is 0 Å². The zero-order chi connectivity index (χ0) is 14.4. The van der Waals surface area contributed by atoms with Crippen LogP contribution in [0, 0.1) is 0 Å². The highest BCUT2D eigenvalue weighted by Gasteiger charge is 2.08. The second kappa shape index (κ2) is 7.67. The lowest BCUT2D eigenvalue weighted by atomic mass is 10.1. The number of benzene rings is 2. The summed E-state index contributed by atoms with van der Waals surface area (Å²) in [5.74, 6) is 0. The Morgan fingerprint density at radius 1 is 0.895 bits per heavy atom. The van der Waals surface area contributed by atoms with Crippen molar-refractivity contribution in [1.82, 2.24) is 0 Å². The summed E-state index contributed by atoms with van der Waals surface area (Å²) in [5, 5.41) is 13.9. The van der Waals surface area contributed by atoms with Crippen LogP contribution >= 0.6 is 47.8 Å². The topological polar surface area (TPSA) is 57.5 Å². The highest BCUT2D eigenvalue weighted by molar-refractivity contribution is 9.11. The Hall–Kier alpha value is -0.850. The zero-order valence-electron chi connectivity index (χ0n) is 9.48. The van der Waals surface area contributed by atoms with Crippen LogP contribution in [-0.4, -0.2) is 16.4 Å². The molecule has 0 aromatic heterocycles. The summed E-state index contributed by atoms with van der Waals surface area (Å²) < 4.78 is 3.21. The van der Waals surface area contributed by atoms with E-state index in [-0.39, 0.29) is 0 Å². The SMILES string of the molecule is Brc1cc(Br)c(-c2ccccc2)c(Br)c1.O=C(O)O. The van der Waals surface area contributed by atoms with Gasteiger partial charge in [0, 0.05) is 19.0 Å². The molecule has 3 nitrogen and oxygen atoms in total. The first-order chi connectivity index (χ1) is 8.91. The van der Waals surface area contributed by atoms with Gasteiger partial charge in [-0.25, -0.2) is 4.79 Å². The molecule has 0 amide bonds. The van der Waals surface area contributed by atoms with E-state index in [1.807, 2.05) is 30.3 Å². The van der Waals surface area contributed by atoms with Crippen LogP contribution < -0.4 is 0 Å². The molecular formula is C13H9Br3O3. The van der Waals surface area contributed by atoms with E-state index in [2.05, 4.69) is 59.9 Å². The molecule has 19 heavy (non-hydrogen) atoms. The molecule has 2 N–H and O–H groups in total. The molecule has 2 rings (SSSR count).